The molecule has 0 aliphatic heterocycles. The SMILES string of the molecule is OC(CNc1nc(Cc2ccccc2)nc2sc3c(c12)CCCC3)Cc1ccccc1. The highest BCUT2D eigenvalue weighted by Gasteiger charge is 2.21. The first-order valence-electron chi connectivity index (χ1n) is 11.1. The molecule has 158 valence electrons. The number of nitrogens with one attached hydrogen (secondary N) is 1. The van der Waals surface area contributed by atoms with Crippen molar-refractivity contribution in [1.82, 2.24) is 9.97 Å². The van der Waals surface area contributed by atoms with Crippen LogP contribution in [0.15, 0.2) is 60.7 Å². The smallest absolute Gasteiger partial charge is 0.138 e. The Bertz CT molecular complexity index is 1160. The van der Waals surface area contributed by atoms with Gasteiger partial charge in [-0.25, -0.2) is 9.97 Å². The average molecular weight is 430 g/mol. The molecule has 0 saturated carbocycles. The van der Waals surface area contributed by atoms with E-state index in [1.54, 1.807) is 0 Å². The Balaban J connectivity index is 1.43. The van der Waals surface area contributed by atoms with Crippen molar-refractivity contribution in [3.8, 4) is 0 Å². The monoisotopic (exact) mass is 429 g/mol. The molecule has 2 heterocycles. The number of aliphatic hydroxyl groups is 1. The fourth-order valence-corrected chi connectivity index (χ4v) is 5.64. The predicted molar refractivity (Wildman–Crippen MR) is 128 cm³/mol. The summed E-state index contributed by atoms with van der Waals surface area (Å²) >= 11 is 1.82. The highest BCUT2D eigenvalue weighted by Crippen LogP contribution is 2.38. The van der Waals surface area contributed by atoms with Gasteiger partial charge in [0.05, 0.1) is 11.5 Å². The van der Waals surface area contributed by atoms with Gasteiger partial charge >= 0.3 is 0 Å². The molecular weight excluding hydrogens is 402 g/mol. The minimum absolute atomic E-state index is 0.469. The second-order valence-electron chi connectivity index (χ2n) is 8.27. The van der Waals surface area contributed by atoms with E-state index in [1.165, 1.54) is 34.2 Å². The second kappa shape index (κ2) is 9.16. The van der Waals surface area contributed by atoms with Crippen LogP contribution < -0.4 is 5.32 Å². The summed E-state index contributed by atoms with van der Waals surface area (Å²) in [6.45, 7) is 0.469. The Morgan fingerprint density at radius 2 is 1.61 bits per heavy atom. The van der Waals surface area contributed by atoms with Crippen LogP contribution in [0.4, 0.5) is 5.82 Å². The molecule has 1 atom stereocenters. The van der Waals surface area contributed by atoms with E-state index in [4.69, 9.17) is 9.97 Å². The zero-order valence-corrected chi connectivity index (χ0v) is 18.4. The Hall–Kier alpha value is -2.76. The molecule has 0 bridgehead atoms. The number of nitrogens with zero attached hydrogens (tertiary/aromatic N) is 2. The number of hydrogen-bond acceptors (Lipinski definition) is 5. The normalized spacial score (nSPS) is 14.4. The molecule has 5 rings (SSSR count). The van der Waals surface area contributed by atoms with Gasteiger partial charge in [0.2, 0.25) is 0 Å². The summed E-state index contributed by atoms with van der Waals surface area (Å²) in [5, 5.41) is 15.3. The molecule has 0 fully saturated rings. The van der Waals surface area contributed by atoms with Crippen LogP contribution in [0, 0.1) is 0 Å². The van der Waals surface area contributed by atoms with Gasteiger partial charge < -0.3 is 10.4 Å². The Labute approximate surface area is 187 Å². The van der Waals surface area contributed by atoms with Crippen LogP contribution in [-0.4, -0.2) is 27.7 Å². The molecule has 2 aromatic heterocycles. The standard InChI is InChI=1S/C26H27N3OS/c30-20(15-18-9-3-1-4-10-18)17-27-25-24-21-13-7-8-14-22(21)31-26(24)29-23(28-25)16-19-11-5-2-6-12-19/h1-6,9-12,20,30H,7-8,13-17H2,(H,27,28,29). The van der Waals surface area contributed by atoms with Gasteiger partial charge in [0.1, 0.15) is 16.5 Å². The van der Waals surface area contributed by atoms with E-state index in [9.17, 15) is 5.11 Å². The van der Waals surface area contributed by atoms with Crippen molar-refractivity contribution in [3.05, 3.63) is 88.1 Å². The van der Waals surface area contributed by atoms with Crippen LogP contribution in [0.2, 0.25) is 0 Å². The second-order valence-corrected chi connectivity index (χ2v) is 9.35. The summed E-state index contributed by atoms with van der Waals surface area (Å²) in [4.78, 5) is 12.4. The van der Waals surface area contributed by atoms with Crippen molar-refractivity contribution in [2.24, 2.45) is 0 Å². The van der Waals surface area contributed by atoms with E-state index in [-0.39, 0.29) is 0 Å². The van der Waals surface area contributed by atoms with Gasteiger partial charge in [0.25, 0.3) is 0 Å². The molecular formula is C26H27N3OS. The molecule has 5 heteroatoms. The third-order valence-electron chi connectivity index (χ3n) is 5.89. The molecule has 31 heavy (non-hydrogen) atoms. The van der Waals surface area contributed by atoms with Gasteiger partial charge in [-0.2, -0.15) is 0 Å². The van der Waals surface area contributed by atoms with E-state index in [2.05, 4.69) is 41.7 Å². The maximum absolute atomic E-state index is 10.6. The highest BCUT2D eigenvalue weighted by molar-refractivity contribution is 7.19. The van der Waals surface area contributed by atoms with Crippen LogP contribution >= 0.6 is 11.3 Å². The lowest BCUT2D eigenvalue weighted by Gasteiger charge is -2.16. The first-order chi connectivity index (χ1) is 15.3. The summed E-state index contributed by atoms with van der Waals surface area (Å²) in [6.07, 6.45) is 5.57. The van der Waals surface area contributed by atoms with Gasteiger partial charge in [-0.05, 0) is 42.4 Å². The summed E-state index contributed by atoms with van der Waals surface area (Å²) in [5.74, 6) is 1.71. The molecule has 4 nitrogen and oxygen atoms in total. The molecule has 1 aliphatic carbocycles. The largest absolute Gasteiger partial charge is 0.391 e. The number of fused-ring (bicyclic) bond motifs is 3. The first-order valence-corrected chi connectivity index (χ1v) is 11.9. The number of aromatic nitrogens is 2. The van der Waals surface area contributed by atoms with Crippen molar-refractivity contribution >= 4 is 27.4 Å². The lowest BCUT2D eigenvalue weighted by molar-refractivity contribution is 0.188. The molecule has 0 spiro atoms. The van der Waals surface area contributed by atoms with E-state index in [0.29, 0.717) is 19.4 Å². The van der Waals surface area contributed by atoms with Crippen LogP contribution in [-0.2, 0) is 25.7 Å². The molecule has 0 amide bonds. The van der Waals surface area contributed by atoms with Gasteiger partial charge in [-0.15, -0.1) is 11.3 Å². The number of thiophene rings is 1. The molecule has 2 N–H and O–H groups in total. The van der Waals surface area contributed by atoms with Crippen molar-refractivity contribution in [3.63, 3.8) is 0 Å². The molecule has 1 unspecified atom stereocenters. The lowest BCUT2D eigenvalue weighted by atomic mass is 9.97. The molecule has 0 saturated heterocycles. The van der Waals surface area contributed by atoms with Gasteiger partial charge in [0.15, 0.2) is 0 Å². The molecule has 1 aliphatic rings. The van der Waals surface area contributed by atoms with Crippen molar-refractivity contribution < 1.29 is 5.11 Å². The zero-order chi connectivity index (χ0) is 21.0. The average Bonchev–Trinajstić information content (AvgIpc) is 3.17. The number of benzene rings is 2. The number of hydrogen-bond donors (Lipinski definition) is 2. The quantitative estimate of drug-likeness (QED) is 0.425. The van der Waals surface area contributed by atoms with E-state index in [1.807, 2.05) is 35.6 Å². The van der Waals surface area contributed by atoms with Gasteiger partial charge in [0, 0.05) is 24.3 Å². The van der Waals surface area contributed by atoms with Gasteiger partial charge in [-0.1, -0.05) is 60.7 Å². The summed E-state index contributed by atoms with van der Waals surface area (Å²) in [7, 11) is 0. The van der Waals surface area contributed by atoms with Crippen LogP contribution in [0.5, 0.6) is 0 Å². The zero-order valence-electron chi connectivity index (χ0n) is 17.6. The molecule has 2 aromatic carbocycles. The topological polar surface area (TPSA) is 58.0 Å². The fourth-order valence-electron chi connectivity index (χ4n) is 4.36. The fraction of sp³-hybridized carbons (Fsp3) is 0.308. The minimum atomic E-state index is -0.473. The highest BCUT2D eigenvalue weighted by atomic mass is 32.1. The maximum Gasteiger partial charge on any atom is 0.138 e. The molecule has 0 radical (unpaired) electrons. The maximum atomic E-state index is 10.6. The minimum Gasteiger partial charge on any atom is -0.391 e. The van der Waals surface area contributed by atoms with Crippen LogP contribution in [0.1, 0.15) is 40.2 Å². The van der Waals surface area contributed by atoms with E-state index in [0.717, 1.165) is 34.9 Å². The number of rotatable bonds is 7. The first kappa shape index (κ1) is 20.2. The number of aliphatic hydroxyl groups excluding tert-OH is 1. The third kappa shape index (κ3) is 4.63. The summed E-state index contributed by atoms with van der Waals surface area (Å²) in [5.41, 5.74) is 3.76. The Morgan fingerprint density at radius 1 is 0.903 bits per heavy atom. The van der Waals surface area contributed by atoms with Crippen LogP contribution in [0.3, 0.4) is 0 Å². The number of aryl methyl sites for hydroxylation is 2. The summed E-state index contributed by atoms with van der Waals surface area (Å²) < 4.78 is 0. The van der Waals surface area contributed by atoms with E-state index < -0.39 is 6.10 Å². The van der Waals surface area contributed by atoms with Crippen molar-refractivity contribution in [2.45, 2.75) is 44.6 Å². The van der Waals surface area contributed by atoms with Gasteiger partial charge in [-0.3, -0.25) is 0 Å². The summed E-state index contributed by atoms with van der Waals surface area (Å²) in [6, 6.07) is 20.5. The van der Waals surface area contributed by atoms with E-state index >= 15 is 0 Å². The Morgan fingerprint density at radius 3 is 2.39 bits per heavy atom. The number of anilines is 1. The Kier molecular flexibility index (Phi) is 5.96. The predicted octanol–water partition coefficient (Wildman–Crippen LogP) is 5.18. The molecule has 4 aromatic rings. The van der Waals surface area contributed by atoms with Crippen molar-refractivity contribution in [2.75, 3.05) is 11.9 Å². The van der Waals surface area contributed by atoms with Crippen LogP contribution in [0.25, 0.3) is 10.2 Å². The lowest BCUT2D eigenvalue weighted by Crippen LogP contribution is -2.22. The third-order valence-corrected chi connectivity index (χ3v) is 7.07. The van der Waals surface area contributed by atoms with Crippen molar-refractivity contribution in [1.29, 1.82) is 0 Å².